The normalized spacial score (nSPS) is 15.4. The Bertz CT molecular complexity index is 687. The minimum atomic E-state index is 0.0868. The number of carbonyl (C=O) groups excluding carboxylic acids is 1. The molecule has 0 spiro atoms. The molecule has 0 radical (unpaired) electrons. The van der Waals surface area contributed by atoms with Crippen LogP contribution in [0.1, 0.15) is 31.4 Å². The third-order valence-electron chi connectivity index (χ3n) is 5.05. The Morgan fingerprint density at radius 1 is 1.17 bits per heavy atom. The van der Waals surface area contributed by atoms with Gasteiger partial charge in [0.15, 0.2) is 17.5 Å². The van der Waals surface area contributed by atoms with Gasteiger partial charge in [-0.2, -0.15) is 0 Å². The van der Waals surface area contributed by atoms with Crippen molar-refractivity contribution in [2.75, 3.05) is 61.0 Å². The number of guanidine groups is 1. The molecule has 1 aromatic carbocycles. The molecule has 1 aromatic rings. The van der Waals surface area contributed by atoms with Crippen LogP contribution >= 0.6 is 0 Å². The first kappa shape index (κ1) is 22.8. The van der Waals surface area contributed by atoms with Gasteiger partial charge in [0.25, 0.3) is 0 Å². The largest absolute Gasteiger partial charge is 0.493 e. The van der Waals surface area contributed by atoms with Gasteiger partial charge in [-0.25, -0.2) is 4.99 Å². The first-order valence-electron chi connectivity index (χ1n) is 10.2. The standard InChI is InChI=1S/C21H35N5O3/c1-6-22-21(24-15-20(27)26-11-7-8-12-26)23-14-17(25(2)3)16-9-10-18(28-4)19(13-16)29-5/h9-10,13,17H,6-8,11-12,14-15H2,1-5H3,(H2,22,23,24). The summed E-state index contributed by atoms with van der Waals surface area (Å²) in [4.78, 5) is 20.8. The molecule has 1 saturated heterocycles. The Balaban J connectivity index is 2.06. The second-order valence-electron chi connectivity index (χ2n) is 7.26. The second kappa shape index (κ2) is 11.5. The van der Waals surface area contributed by atoms with E-state index < -0.39 is 0 Å². The fourth-order valence-corrected chi connectivity index (χ4v) is 3.41. The van der Waals surface area contributed by atoms with E-state index in [2.05, 4.69) is 20.5 Å². The number of amides is 1. The number of nitrogens with one attached hydrogen (secondary N) is 2. The number of hydrogen-bond acceptors (Lipinski definition) is 5. The molecule has 8 heteroatoms. The molecule has 0 aromatic heterocycles. The minimum absolute atomic E-state index is 0.0868. The van der Waals surface area contributed by atoms with Gasteiger partial charge in [-0.1, -0.05) is 6.07 Å². The topological polar surface area (TPSA) is 78.4 Å². The molecule has 1 fully saturated rings. The maximum Gasteiger partial charge on any atom is 0.244 e. The van der Waals surface area contributed by atoms with Crippen molar-refractivity contribution < 1.29 is 14.3 Å². The van der Waals surface area contributed by atoms with Crippen LogP contribution in [0.2, 0.25) is 0 Å². The van der Waals surface area contributed by atoms with E-state index in [4.69, 9.17) is 9.47 Å². The number of ether oxygens (including phenoxy) is 2. The van der Waals surface area contributed by atoms with Crippen LogP contribution in [0.3, 0.4) is 0 Å². The molecule has 1 heterocycles. The van der Waals surface area contributed by atoms with Gasteiger partial charge in [-0.3, -0.25) is 4.79 Å². The number of methoxy groups -OCH3 is 2. The molecule has 8 nitrogen and oxygen atoms in total. The molecule has 2 N–H and O–H groups in total. The van der Waals surface area contributed by atoms with Crippen molar-refractivity contribution in [3.05, 3.63) is 23.8 Å². The molecule has 29 heavy (non-hydrogen) atoms. The van der Waals surface area contributed by atoms with Crippen molar-refractivity contribution in [3.8, 4) is 11.5 Å². The summed E-state index contributed by atoms with van der Waals surface area (Å²) in [5.74, 6) is 2.14. The van der Waals surface area contributed by atoms with Crippen LogP contribution in [0.25, 0.3) is 0 Å². The maximum absolute atomic E-state index is 12.3. The Morgan fingerprint density at radius 2 is 1.86 bits per heavy atom. The van der Waals surface area contributed by atoms with Crippen LogP contribution in [0.15, 0.2) is 23.2 Å². The second-order valence-corrected chi connectivity index (χ2v) is 7.26. The summed E-state index contributed by atoms with van der Waals surface area (Å²) >= 11 is 0. The van der Waals surface area contributed by atoms with Gasteiger partial charge < -0.3 is 29.9 Å². The Labute approximate surface area is 174 Å². The van der Waals surface area contributed by atoms with Crippen LogP contribution in [0.4, 0.5) is 0 Å². The number of likely N-dealkylation sites (tertiary alicyclic amines) is 1. The molecule has 1 aliphatic heterocycles. The molecule has 0 saturated carbocycles. The number of carbonyl (C=O) groups is 1. The molecule has 162 valence electrons. The number of rotatable bonds is 9. The van der Waals surface area contributed by atoms with E-state index in [-0.39, 0.29) is 18.5 Å². The van der Waals surface area contributed by atoms with Gasteiger partial charge in [-0.15, -0.1) is 0 Å². The van der Waals surface area contributed by atoms with Crippen molar-refractivity contribution in [1.29, 1.82) is 0 Å². The zero-order chi connectivity index (χ0) is 21.2. The Hall–Kier alpha value is -2.48. The van der Waals surface area contributed by atoms with Gasteiger partial charge in [0.2, 0.25) is 5.91 Å². The molecule has 0 aliphatic carbocycles. The van der Waals surface area contributed by atoms with Gasteiger partial charge in [-0.05, 0) is 51.6 Å². The van der Waals surface area contributed by atoms with Crippen molar-refractivity contribution in [2.45, 2.75) is 25.8 Å². The zero-order valence-corrected chi connectivity index (χ0v) is 18.3. The predicted molar refractivity (Wildman–Crippen MR) is 116 cm³/mol. The third kappa shape index (κ3) is 6.52. The van der Waals surface area contributed by atoms with Crippen molar-refractivity contribution in [1.82, 2.24) is 20.4 Å². The molecule has 1 aliphatic rings. The molecule has 1 atom stereocenters. The van der Waals surface area contributed by atoms with Gasteiger partial charge in [0.05, 0.1) is 20.3 Å². The highest BCUT2D eigenvalue weighted by Gasteiger charge is 2.19. The minimum Gasteiger partial charge on any atom is -0.493 e. The highest BCUT2D eigenvalue weighted by atomic mass is 16.5. The van der Waals surface area contributed by atoms with Crippen LogP contribution < -0.4 is 20.1 Å². The van der Waals surface area contributed by atoms with Crippen LogP contribution in [0, 0.1) is 0 Å². The Kier molecular flexibility index (Phi) is 9.05. The Morgan fingerprint density at radius 3 is 2.45 bits per heavy atom. The summed E-state index contributed by atoms with van der Waals surface area (Å²) in [6, 6.07) is 6.03. The van der Waals surface area contributed by atoms with E-state index in [0.29, 0.717) is 24.0 Å². The average Bonchev–Trinajstić information content (AvgIpc) is 3.26. The highest BCUT2D eigenvalue weighted by Crippen LogP contribution is 2.31. The summed E-state index contributed by atoms with van der Waals surface area (Å²) < 4.78 is 10.8. The molecular formula is C21H35N5O3. The van der Waals surface area contributed by atoms with Crippen molar-refractivity contribution in [3.63, 3.8) is 0 Å². The lowest BCUT2D eigenvalue weighted by molar-refractivity contribution is -0.128. The van der Waals surface area contributed by atoms with E-state index in [1.807, 2.05) is 44.1 Å². The van der Waals surface area contributed by atoms with Crippen molar-refractivity contribution in [2.24, 2.45) is 4.99 Å². The van der Waals surface area contributed by atoms with Crippen molar-refractivity contribution >= 4 is 11.9 Å². The first-order chi connectivity index (χ1) is 14.0. The predicted octanol–water partition coefficient (Wildman–Crippen LogP) is 1.48. The fraction of sp³-hybridized carbons (Fsp3) is 0.619. The average molecular weight is 406 g/mol. The molecule has 1 unspecified atom stereocenters. The summed E-state index contributed by atoms with van der Waals surface area (Å²) in [7, 11) is 7.33. The van der Waals surface area contributed by atoms with E-state index in [1.54, 1.807) is 14.2 Å². The highest BCUT2D eigenvalue weighted by molar-refractivity contribution is 5.85. The van der Waals surface area contributed by atoms with Gasteiger partial charge in [0.1, 0.15) is 6.54 Å². The monoisotopic (exact) mass is 405 g/mol. The zero-order valence-electron chi connectivity index (χ0n) is 18.3. The number of likely N-dealkylation sites (N-methyl/N-ethyl adjacent to an activating group) is 1. The van der Waals surface area contributed by atoms with Gasteiger partial charge >= 0.3 is 0 Å². The molecule has 1 amide bonds. The molecular weight excluding hydrogens is 370 g/mol. The summed E-state index contributed by atoms with van der Waals surface area (Å²) in [6.45, 7) is 5.23. The third-order valence-corrected chi connectivity index (χ3v) is 5.05. The summed E-state index contributed by atoms with van der Waals surface area (Å²) in [6.07, 6.45) is 2.17. The molecule has 2 rings (SSSR count). The molecule has 0 bridgehead atoms. The van der Waals surface area contributed by atoms with E-state index in [9.17, 15) is 4.79 Å². The van der Waals surface area contributed by atoms with Crippen LogP contribution in [-0.2, 0) is 4.79 Å². The number of nitrogens with zero attached hydrogens (tertiary/aromatic N) is 3. The lowest BCUT2D eigenvalue weighted by Crippen LogP contribution is -2.42. The lowest BCUT2D eigenvalue weighted by atomic mass is 10.1. The fourth-order valence-electron chi connectivity index (χ4n) is 3.41. The van der Waals surface area contributed by atoms with Gasteiger partial charge in [0, 0.05) is 26.2 Å². The lowest BCUT2D eigenvalue weighted by Gasteiger charge is -2.26. The smallest absolute Gasteiger partial charge is 0.244 e. The van der Waals surface area contributed by atoms with E-state index in [1.165, 1.54) is 0 Å². The van der Waals surface area contributed by atoms with Crippen LogP contribution in [0.5, 0.6) is 11.5 Å². The quantitative estimate of drug-likeness (QED) is 0.479. The van der Waals surface area contributed by atoms with Crippen LogP contribution in [-0.4, -0.2) is 82.7 Å². The SMILES string of the molecule is CCNC(=NCC(=O)N1CCCC1)NCC(c1ccc(OC)c(OC)c1)N(C)C. The number of benzene rings is 1. The number of aliphatic imine (C=N–C) groups is 1. The summed E-state index contributed by atoms with van der Waals surface area (Å²) in [5.41, 5.74) is 1.10. The summed E-state index contributed by atoms with van der Waals surface area (Å²) in [5, 5.41) is 6.59. The number of hydrogen-bond donors (Lipinski definition) is 2. The first-order valence-corrected chi connectivity index (χ1v) is 10.2. The van der Waals surface area contributed by atoms with E-state index >= 15 is 0 Å². The van der Waals surface area contributed by atoms with E-state index in [0.717, 1.165) is 38.0 Å². The maximum atomic E-state index is 12.3.